The molecule has 0 aromatic carbocycles. The molecule has 2 atom stereocenters. The van der Waals surface area contributed by atoms with E-state index in [9.17, 15) is 4.79 Å². The van der Waals surface area contributed by atoms with E-state index in [1.165, 1.54) is 18.7 Å². The number of aromatic nitrogens is 2. The molecule has 2 aliphatic heterocycles. The van der Waals surface area contributed by atoms with Crippen molar-refractivity contribution in [3.05, 3.63) is 17.7 Å². The molecule has 3 rings (SSSR count). The van der Waals surface area contributed by atoms with Gasteiger partial charge in [-0.2, -0.15) is 0 Å². The van der Waals surface area contributed by atoms with Gasteiger partial charge in [0.05, 0.1) is 18.4 Å². The average molecular weight is 365 g/mol. The van der Waals surface area contributed by atoms with Crippen LogP contribution in [0.15, 0.2) is 6.20 Å². The van der Waals surface area contributed by atoms with Crippen LogP contribution >= 0.6 is 24.8 Å². The Kier molecular flexibility index (Phi) is 8.33. The van der Waals surface area contributed by atoms with Gasteiger partial charge in [0, 0.05) is 38.7 Å². The molecular weight excluding hydrogens is 339 g/mol. The second-order valence-electron chi connectivity index (χ2n) is 5.85. The van der Waals surface area contributed by atoms with Crippen molar-refractivity contribution in [2.45, 2.75) is 51.3 Å². The van der Waals surface area contributed by atoms with Gasteiger partial charge in [0.25, 0.3) is 0 Å². The van der Waals surface area contributed by atoms with E-state index in [0.717, 1.165) is 31.6 Å². The Labute approximate surface area is 149 Å². The lowest BCUT2D eigenvalue weighted by atomic mass is 10.1. The molecule has 0 bridgehead atoms. The predicted molar refractivity (Wildman–Crippen MR) is 93.6 cm³/mol. The van der Waals surface area contributed by atoms with Gasteiger partial charge in [-0.1, -0.05) is 0 Å². The van der Waals surface area contributed by atoms with E-state index < -0.39 is 0 Å². The summed E-state index contributed by atoms with van der Waals surface area (Å²) < 4.78 is 7.74. The molecule has 0 spiro atoms. The number of imidazole rings is 1. The SMILES string of the molecule is C[C@H]1OCCN[C@@H]1C(=O)NCCc1cn2c(n1)CCCC2.Cl.Cl. The first-order chi connectivity index (χ1) is 10.2. The van der Waals surface area contributed by atoms with Gasteiger partial charge in [0.2, 0.25) is 5.91 Å². The molecule has 6 nitrogen and oxygen atoms in total. The third-order valence-corrected chi connectivity index (χ3v) is 4.24. The molecule has 0 saturated carbocycles. The summed E-state index contributed by atoms with van der Waals surface area (Å²) in [7, 11) is 0. The first-order valence-electron chi connectivity index (χ1n) is 7.91. The average Bonchev–Trinajstić information content (AvgIpc) is 2.90. The second kappa shape index (κ2) is 9.47. The number of amides is 1. The third-order valence-electron chi connectivity index (χ3n) is 4.24. The Hall–Kier alpha value is -0.820. The topological polar surface area (TPSA) is 68.2 Å². The minimum Gasteiger partial charge on any atom is -0.375 e. The largest absolute Gasteiger partial charge is 0.375 e. The standard InChI is InChI=1S/C15H24N4O2.2ClH/c1-11-14(16-7-9-21-11)15(20)17-6-5-12-10-19-8-3-2-4-13(19)18-12;;/h10-11,14,16H,2-9H2,1H3,(H,17,20);2*1H/t11-,14+;;/m1../s1. The van der Waals surface area contributed by atoms with Crippen LogP contribution < -0.4 is 10.6 Å². The van der Waals surface area contributed by atoms with Gasteiger partial charge in [-0.05, 0) is 19.8 Å². The summed E-state index contributed by atoms with van der Waals surface area (Å²) in [5, 5.41) is 6.18. The highest BCUT2D eigenvalue weighted by atomic mass is 35.5. The van der Waals surface area contributed by atoms with Crippen molar-refractivity contribution in [2.75, 3.05) is 19.7 Å². The molecule has 132 valence electrons. The van der Waals surface area contributed by atoms with Crippen molar-refractivity contribution in [1.82, 2.24) is 20.2 Å². The number of halogens is 2. The maximum Gasteiger partial charge on any atom is 0.239 e. The first-order valence-corrected chi connectivity index (χ1v) is 7.91. The van der Waals surface area contributed by atoms with Gasteiger partial charge in [-0.15, -0.1) is 24.8 Å². The number of ether oxygens (including phenoxy) is 1. The summed E-state index contributed by atoms with van der Waals surface area (Å²) >= 11 is 0. The molecular formula is C15H26Cl2N4O2. The highest BCUT2D eigenvalue weighted by Crippen LogP contribution is 2.14. The molecule has 0 radical (unpaired) electrons. The van der Waals surface area contributed by atoms with E-state index >= 15 is 0 Å². The van der Waals surface area contributed by atoms with Crippen LogP contribution in [0.4, 0.5) is 0 Å². The summed E-state index contributed by atoms with van der Waals surface area (Å²) in [4.78, 5) is 16.8. The Balaban J connectivity index is 0.00000132. The quantitative estimate of drug-likeness (QED) is 0.839. The van der Waals surface area contributed by atoms with Crippen molar-refractivity contribution in [1.29, 1.82) is 0 Å². The van der Waals surface area contributed by atoms with E-state index in [0.29, 0.717) is 13.2 Å². The number of morpholine rings is 1. The third kappa shape index (κ3) is 5.08. The Morgan fingerprint density at radius 3 is 3.04 bits per heavy atom. The number of aryl methyl sites for hydroxylation is 2. The highest BCUT2D eigenvalue weighted by Gasteiger charge is 2.27. The van der Waals surface area contributed by atoms with Crippen LogP contribution in [0.2, 0.25) is 0 Å². The fourth-order valence-corrected chi connectivity index (χ4v) is 3.04. The number of hydrogen-bond acceptors (Lipinski definition) is 4. The van der Waals surface area contributed by atoms with E-state index in [1.54, 1.807) is 0 Å². The van der Waals surface area contributed by atoms with E-state index in [1.807, 2.05) is 6.92 Å². The van der Waals surface area contributed by atoms with Gasteiger partial charge in [0.15, 0.2) is 0 Å². The number of carbonyl (C=O) groups excluding carboxylic acids is 1. The molecule has 1 fully saturated rings. The number of carbonyl (C=O) groups is 1. The molecule has 2 N–H and O–H groups in total. The minimum atomic E-state index is -0.242. The summed E-state index contributed by atoms with van der Waals surface area (Å²) in [6, 6.07) is -0.242. The zero-order chi connectivity index (χ0) is 14.7. The van der Waals surface area contributed by atoms with Crippen LogP contribution in [0.5, 0.6) is 0 Å². The van der Waals surface area contributed by atoms with Gasteiger partial charge in [-0.25, -0.2) is 4.98 Å². The minimum absolute atomic E-state index is 0. The maximum atomic E-state index is 12.1. The number of hydrogen-bond donors (Lipinski definition) is 2. The number of fused-ring (bicyclic) bond motifs is 1. The molecule has 0 aliphatic carbocycles. The van der Waals surface area contributed by atoms with Crippen LogP contribution in [0.1, 0.15) is 31.3 Å². The van der Waals surface area contributed by atoms with Crippen LogP contribution in [-0.2, 0) is 28.9 Å². The summed E-state index contributed by atoms with van der Waals surface area (Å²) in [6.45, 7) is 5.04. The zero-order valence-corrected chi connectivity index (χ0v) is 15.0. The molecule has 3 heterocycles. The summed E-state index contributed by atoms with van der Waals surface area (Å²) in [5.74, 6) is 1.21. The van der Waals surface area contributed by atoms with Crippen molar-refractivity contribution in [2.24, 2.45) is 0 Å². The van der Waals surface area contributed by atoms with Crippen molar-refractivity contribution in [3.63, 3.8) is 0 Å². The normalized spacial score (nSPS) is 23.2. The smallest absolute Gasteiger partial charge is 0.239 e. The van der Waals surface area contributed by atoms with Gasteiger partial charge in [-0.3, -0.25) is 4.79 Å². The Bertz CT molecular complexity index is 486. The maximum absolute atomic E-state index is 12.1. The number of nitrogens with one attached hydrogen (secondary N) is 2. The molecule has 1 aromatic rings. The lowest BCUT2D eigenvalue weighted by molar-refractivity contribution is -0.128. The Morgan fingerprint density at radius 1 is 1.48 bits per heavy atom. The lowest BCUT2D eigenvalue weighted by Gasteiger charge is -2.29. The highest BCUT2D eigenvalue weighted by molar-refractivity contribution is 5.85. The molecule has 1 amide bonds. The number of nitrogens with zero attached hydrogens (tertiary/aromatic N) is 2. The molecule has 1 aromatic heterocycles. The van der Waals surface area contributed by atoms with Crippen LogP contribution in [0, 0.1) is 0 Å². The van der Waals surface area contributed by atoms with Gasteiger partial charge in [0.1, 0.15) is 11.9 Å². The molecule has 2 aliphatic rings. The van der Waals surface area contributed by atoms with E-state index in [2.05, 4.69) is 26.4 Å². The number of rotatable bonds is 4. The second-order valence-corrected chi connectivity index (χ2v) is 5.85. The summed E-state index contributed by atoms with van der Waals surface area (Å²) in [5.41, 5.74) is 1.08. The van der Waals surface area contributed by atoms with Crippen LogP contribution in [0.3, 0.4) is 0 Å². The van der Waals surface area contributed by atoms with Gasteiger partial charge < -0.3 is 19.9 Å². The predicted octanol–water partition coefficient (Wildman–Crippen LogP) is 1.10. The molecule has 1 saturated heterocycles. The van der Waals surface area contributed by atoms with E-state index in [4.69, 9.17) is 4.74 Å². The van der Waals surface area contributed by atoms with Crippen molar-refractivity contribution in [3.8, 4) is 0 Å². The van der Waals surface area contributed by atoms with Crippen molar-refractivity contribution >= 4 is 30.7 Å². The molecule has 8 heteroatoms. The monoisotopic (exact) mass is 364 g/mol. The fourth-order valence-electron chi connectivity index (χ4n) is 3.04. The summed E-state index contributed by atoms with van der Waals surface area (Å²) in [6.07, 6.45) is 6.40. The fraction of sp³-hybridized carbons (Fsp3) is 0.733. The van der Waals surface area contributed by atoms with Crippen LogP contribution in [-0.4, -0.2) is 47.3 Å². The zero-order valence-electron chi connectivity index (χ0n) is 13.4. The van der Waals surface area contributed by atoms with Crippen molar-refractivity contribution < 1.29 is 9.53 Å². The Morgan fingerprint density at radius 2 is 2.30 bits per heavy atom. The van der Waals surface area contributed by atoms with Crippen LogP contribution in [0.25, 0.3) is 0 Å². The van der Waals surface area contributed by atoms with Gasteiger partial charge >= 0.3 is 0 Å². The first kappa shape index (κ1) is 20.2. The lowest BCUT2D eigenvalue weighted by Crippen LogP contribution is -2.55. The molecule has 23 heavy (non-hydrogen) atoms. The molecule has 0 unspecified atom stereocenters. The van der Waals surface area contributed by atoms with E-state index in [-0.39, 0.29) is 42.9 Å².